The van der Waals surface area contributed by atoms with Gasteiger partial charge in [0.05, 0.1) is 0 Å². The van der Waals surface area contributed by atoms with Gasteiger partial charge in [-0.05, 0) is 36.8 Å². The van der Waals surface area contributed by atoms with Crippen LogP contribution in [0.3, 0.4) is 0 Å². The Bertz CT molecular complexity index is 609. The van der Waals surface area contributed by atoms with Crippen LogP contribution in [-0.2, 0) is 6.54 Å². The normalized spacial score (nSPS) is 11.0. The molecule has 0 amide bonds. The molecule has 1 aromatic heterocycles. The summed E-state index contributed by atoms with van der Waals surface area (Å²) in [7, 11) is 0. The first kappa shape index (κ1) is 16.1. The van der Waals surface area contributed by atoms with Crippen LogP contribution in [0.5, 0.6) is 11.6 Å². The molecule has 0 aliphatic heterocycles. The number of rotatable bonds is 5. The minimum absolute atomic E-state index is 0.440. The summed E-state index contributed by atoms with van der Waals surface area (Å²) in [5.74, 6) is 1.14. The molecule has 0 saturated carbocycles. The summed E-state index contributed by atoms with van der Waals surface area (Å²) in [4.78, 5) is 4.36. The molecular weight excluding hydrogens is 307 g/mol. The van der Waals surface area contributed by atoms with Gasteiger partial charge in [-0.25, -0.2) is 4.98 Å². The molecule has 0 unspecified atom stereocenters. The molecule has 0 atom stereocenters. The van der Waals surface area contributed by atoms with Crippen molar-refractivity contribution in [3.63, 3.8) is 0 Å². The van der Waals surface area contributed by atoms with E-state index < -0.39 is 0 Å². The van der Waals surface area contributed by atoms with Crippen molar-refractivity contribution in [2.75, 3.05) is 0 Å². The summed E-state index contributed by atoms with van der Waals surface area (Å²) in [5.41, 5.74) is 2.09. The van der Waals surface area contributed by atoms with Gasteiger partial charge < -0.3 is 10.1 Å². The molecule has 2 aromatic rings. The number of aromatic nitrogens is 1. The van der Waals surface area contributed by atoms with Crippen LogP contribution in [0.15, 0.2) is 30.5 Å². The first-order chi connectivity index (χ1) is 9.94. The van der Waals surface area contributed by atoms with Gasteiger partial charge in [-0.3, -0.25) is 0 Å². The topological polar surface area (TPSA) is 34.2 Å². The van der Waals surface area contributed by atoms with Gasteiger partial charge in [0.25, 0.3) is 0 Å². The lowest BCUT2D eigenvalue weighted by atomic mass is 10.2. The zero-order valence-corrected chi connectivity index (χ0v) is 13.8. The SMILES string of the molecule is Cc1cc(CNC(C)C)cnc1Oc1cc(Cl)cc(Cl)c1. The lowest BCUT2D eigenvalue weighted by molar-refractivity contribution is 0.458. The smallest absolute Gasteiger partial charge is 0.222 e. The van der Waals surface area contributed by atoms with Gasteiger partial charge >= 0.3 is 0 Å². The van der Waals surface area contributed by atoms with E-state index in [1.807, 2.05) is 13.1 Å². The molecule has 0 saturated heterocycles. The molecule has 0 aliphatic carbocycles. The van der Waals surface area contributed by atoms with E-state index in [0.29, 0.717) is 27.7 Å². The molecule has 3 nitrogen and oxygen atoms in total. The van der Waals surface area contributed by atoms with E-state index in [-0.39, 0.29) is 0 Å². The molecule has 0 aliphatic rings. The minimum Gasteiger partial charge on any atom is -0.439 e. The molecule has 0 bridgehead atoms. The van der Waals surface area contributed by atoms with Gasteiger partial charge in [-0.1, -0.05) is 37.0 Å². The van der Waals surface area contributed by atoms with E-state index in [4.69, 9.17) is 27.9 Å². The number of aryl methyl sites for hydroxylation is 1. The summed E-state index contributed by atoms with van der Waals surface area (Å²) in [6.45, 7) is 6.98. The third-order valence-corrected chi connectivity index (χ3v) is 3.29. The maximum atomic E-state index is 5.96. The van der Waals surface area contributed by atoms with Gasteiger partial charge in [-0.2, -0.15) is 0 Å². The predicted octanol–water partition coefficient (Wildman–Crippen LogP) is 4.99. The van der Waals surface area contributed by atoms with Crippen LogP contribution >= 0.6 is 23.2 Å². The number of hydrogen-bond donors (Lipinski definition) is 1. The second kappa shape index (κ2) is 7.12. The fourth-order valence-electron chi connectivity index (χ4n) is 1.85. The van der Waals surface area contributed by atoms with Crippen molar-refractivity contribution >= 4 is 23.2 Å². The van der Waals surface area contributed by atoms with Crippen molar-refractivity contribution < 1.29 is 4.74 Å². The largest absolute Gasteiger partial charge is 0.439 e. The molecule has 21 heavy (non-hydrogen) atoms. The number of hydrogen-bond acceptors (Lipinski definition) is 3. The quantitative estimate of drug-likeness (QED) is 0.841. The molecule has 5 heteroatoms. The minimum atomic E-state index is 0.440. The van der Waals surface area contributed by atoms with E-state index in [1.165, 1.54) is 0 Å². The van der Waals surface area contributed by atoms with Gasteiger partial charge in [0.1, 0.15) is 5.75 Å². The molecule has 1 N–H and O–H groups in total. The molecule has 1 aromatic carbocycles. The van der Waals surface area contributed by atoms with E-state index >= 15 is 0 Å². The van der Waals surface area contributed by atoms with E-state index in [2.05, 4.69) is 30.2 Å². The number of nitrogens with zero attached hydrogens (tertiary/aromatic N) is 1. The average molecular weight is 325 g/mol. The van der Waals surface area contributed by atoms with Gasteiger partial charge in [0.2, 0.25) is 5.88 Å². The van der Waals surface area contributed by atoms with Crippen molar-refractivity contribution in [1.29, 1.82) is 0 Å². The molecule has 0 spiro atoms. The Balaban J connectivity index is 2.13. The molecule has 0 fully saturated rings. The molecular formula is C16H18Cl2N2O. The Kier molecular flexibility index (Phi) is 5.45. The summed E-state index contributed by atoms with van der Waals surface area (Å²) in [6.07, 6.45) is 1.81. The Labute approximate surface area is 135 Å². The summed E-state index contributed by atoms with van der Waals surface area (Å²) in [6, 6.07) is 7.58. The summed E-state index contributed by atoms with van der Waals surface area (Å²) >= 11 is 11.9. The number of ether oxygens (including phenoxy) is 1. The van der Waals surface area contributed by atoms with Crippen LogP contribution in [0.2, 0.25) is 10.0 Å². The van der Waals surface area contributed by atoms with Crippen molar-refractivity contribution in [2.45, 2.75) is 33.4 Å². The van der Waals surface area contributed by atoms with Crippen molar-refractivity contribution in [2.24, 2.45) is 0 Å². The van der Waals surface area contributed by atoms with Gasteiger partial charge in [0.15, 0.2) is 0 Å². The third-order valence-electron chi connectivity index (χ3n) is 2.85. The molecule has 1 heterocycles. The Morgan fingerprint density at radius 2 is 1.81 bits per heavy atom. The van der Waals surface area contributed by atoms with Crippen molar-refractivity contribution in [3.8, 4) is 11.6 Å². The lowest BCUT2D eigenvalue weighted by Gasteiger charge is -2.11. The van der Waals surface area contributed by atoms with E-state index in [1.54, 1.807) is 18.2 Å². The van der Waals surface area contributed by atoms with Gasteiger partial charge in [-0.15, -0.1) is 0 Å². The number of benzene rings is 1. The van der Waals surface area contributed by atoms with Gasteiger partial charge in [0, 0.05) is 34.4 Å². The van der Waals surface area contributed by atoms with Crippen molar-refractivity contribution in [1.82, 2.24) is 10.3 Å². The standard InChI is InChI=1S/C16H18Cl2N2O/c1-10(2)19-8-12-4-11(3)16(20-9-12)21-15-6-13(17)5-14(18)7-15/h4-7,9-10,19H,8H2,1-3H3. The fourth-order valence-corrected chi connectivity index (χ4v) is 2.35. The molecule has 2 rings (SSSR count). The first-order valence-electron chi connectivity index (χ1n) is 6.77. The Hall–Kier alpha value is -1.29. The van der Waals surface area contributed by atoms with Crippen LogP contribution in [0.4, 0.5) is 0 Å². The summed E-state index contributed by atoms with van der Waals surface area (Å²) in [5, 5.41) is 4.43. The first-order valence-corrected chi connectivity index (χ1v) is 7.52. The predicted molar refractivity (Wildman–Crippen MR) is 87.5 cm³/mol. The second-order valence-electron chi connectivity index (χ2n) is 5.21. The highest BCUT2D eigenvalue weighted by Gasteiger charge is 2.07. The van der Waals surface area contributed by atoms with Crippen LogP contribution in [0.1, 0.15) is 25.0 Å². The third kappa shape index (κ3) is 4.88. The highest BCUT2D eigenvalue weighted by atomic mass is 35.5. The Morgan fingerprint density at radius 3 is 2.38 bits per heavy atom. The van der Waals surface area contributed by atoms with Crippen LogP contribution in [0.25, 0.3) is 0 Å². The number of halogens is 2. The highest BCUT2D eigenvalue weighted by molar-refractivity contribution is 6.34. The zero-order chi connectivity index (χ0) is 15.4. The van der Waals surface area contributed by atoms with Crippen LogP contribution in [0, 0.1) is 6.92 Å². The van der Waals surface area contributed by atoms with Crippen LogP contribution in [-0.4, -0.2) is 11.0 Å². The lowest BCUT2D eigenvalue weighted by Crippen LogP contribution is -2.21. The van der Waals surface area contributed by atoms with Crippen LogP contribution < -0.4 is 10.1 Å². The Morgan fingerprint density at radius 1 is 1.14 bits per heavy atom. The molecule has 0 radical (unpaired) electrons. The monoisotopic (exact) mass is 324 g/mol. The molecule has 112 valence electrons. The van der Waals surface area contributed by atoms with E-state index in [0.717, 1.165) is 17.7 Å². The zero-order valence-electron chi connectivity index (χ0n) is 12.3. The summed E-state index contributed by atoms with van der Waals surface area (Å²) < 4.78 is 5.75. The average Bonchev–Trinajstić information content (AvgIpc) is 2.38. The fraction of sp³-hybridized carbons (Fsp3) is 0.312. The maximum absolute atomic E-state index is 5.96. The highest BCUT2D eigenvalue weighted by Crippen LogP contribution is 2.29. The second-order valence-corrected chi connectivity index (χ2v) is 6.08. The van der Waals surface area contributed by atoms with Crippen molar-refractivity contribution in [3.05, 3.63) is 51.6 Å². The number of nitrogens with one attached hydrogen (secondary N) is 1. The maximum Gasteiger partial charge on any atom is 0.222 e. The van der Waals surface area contributed by atoms with E-state index in [9.17, 15) is 0 Å². The number of pyridine rings is 1.